The number of nitrogens with zero attached hydrogens (tertiary/aromatic N) is 4. The fourth-order valence-electron chi connectivity index (χ4n) is 2.71. The van der Waals surface area contributed by atoms with Gasteiger partial charge < -0.3 is 10.2 Å². The van der Waals surface area contributed by atoms with Crippen LogP contribution in [0.1, 0.15) is 13.3 Å². The molecule has 25 heavy (non-hydrogen) atoms. The van der Waals surface area contributed by atoms with Crippen LogP contribution in [-0.4, -0.2) is 41.0 Å². The number of nitrogens with one attached hydrogen (secondary N) is 1. The van der Waals surface area contributed by atoms with Crippen molar-refractivity contribution in [2.24, 2.45) is 0 Å². The molecule has 2 aromatic heterocycles. The molecule has 6 heteroatoms. The molecule has 0 radical (unpaired) electrons. The Bertz CT molecular complexity index is 866. The summed E-state index contributed by atoms with van der Waals surface area (Å²) in [6, 6.07) is 11.7. The second-order valence-electron chi connectivity index (χ2n) is 5.72. The first-order chi connectivity index (χ1) is 12.2. The molecule has 0 aliphatic carbocycles. The summed E-state index contributed by atoms with van der Waals surface area (Å²) in [6.45, 7) is 3.08. The third kappa shape index (κ3) is 3.74. The van der Waals surface area contributed by atoms with Crippen molar-refractivity contribution in [2.45, 2.75) is 13.3 Å². The number of pyridine rings is 1. The topological polar surface area (TPSA) is 71.0 Å². The standard InChI is InChI=1S/C19H21N5O/c1-3-11-24(13-17(25)20-2)19-15-8-4-5-9-16(15)22-18(23-19)14-7-6-10-21-12-14/h4-10,12H,3,11,13H2,1-2H3,(H,20,25). The average molecular weight is 335 g/mol. The van der Waals surface area contributed by atoms with Crippen molar-refractivity contribution in [2.75, 3.05) is 25.0 Å². The van der Waals surface area contributed by atoms with Gasteiger partial charge in [0.05, 0.1) is 12.1 Å². The Labute approximate surface area is 146 Å². The Morgan fingerprint density at radius 3 is 2.72 bits per heavy atom. The van der Waals surface area contributed by atoms with Crippen LogP contribution >= 0.6 is 0 Å². The molecular weight excluding hydrogens is 314 g/mol. The maximum atomic E-state index is 12.0. The lowest BCUT2D eigenvalue weighted by atomic mass is 10.2. The first kappa shape index (κ1) is 16.8. The third-order valence-corrected chi connectivity index (χ3v) is 3.91. The van der Waals surface area contributed by atoms with Gasteiger partial charge in [-0.15, -0.1) is 0 Å². The minimum Gasteiger partial charge on any atom is -0.358 e. The molecule has 1 N–H and O–H groups in total. The highest BCUT2D eigenvalue weighted by atomic mass is 16.1. The quantitative estimate of drug-likeness (QED) is 0.750. The molecular formula is C19H21N5O. The van der Waals surface area contributed by atoms with Crippen molar-refractivity contribution < 1.29 is 4.79 Å². The summed E-state index contributed by atoms with van der Waals surface area (Å²) in [5, 5.41) is 3.62. The minimum absolute atomic E-state index is 0.0425. The van der Waals surface area contributed by atoms with E-state index in [4.69, 9.17) is 4.98 Å². The molecule has 128 valence electrons. The normalized spacial score (nSPS) is 10.6. The largest absolute Gasteiger partial charge is 0.358 e. The van der Waals surface area contributed by atoms with E-state index in [1.165, 1.54) is 0 Å². The van der Waals surface area contributed by atoms with Crippen LogP contribution in [0, 0.1) is 0 Å². The number of amides is 1. The number of hydrogen-bond donors (Lipinski definition) is 1. The van der Waals surface area contributed by atoms with Crippen LogP contribution in [0.2, 0.25) is 0 Å². The molecule has 0 aliphatic heterocycles. The van der Waals surface area contributed by atoms with Crippen molar-refractivity contribution in [3.05, 3.63) is 48.8 Å². The summed E-state index contributed by atoms with van der Waals surface area (Å²) >= 11 is 0. The van der Waals surface area contributed by atoms with Crippen LogP contribution in [0.4, 0.5) is 5.82 Å². The molecule has 0 unspecified atom stereocenters. The number of fused-ring (bicyclic) bond motifs is 1. The first-order valence-electron chi connectivity index (χ1n) is 8.35. The van der Waals surface area contributed by atoms with E-state index in [2.05, 4.69) is 22.2 Å². The number of carbonyl (C=O) groups excluding carboxylic acids is 1. The minimum atomic E-state index is -0.0425. The molecule has 0 saturated heterocycles. The number of hydrogen-bond acceptors (Lipinski definition) is 5. The van der Waals surface area contributed by atoms with E-state index in [1.54, 1.807) is 19.4 Å². The molecule has 0 aliphatic rings. The third-order valence-electron chi connectivity index (χ3n) is 3.91. The van der Waals surface area contributed by atoms with Crippen molar-refractivity contribution in [3.8, 4) is 11.4 Å². The average Bonchev–Trinajstić information content (AvgIpc) is 2.67. The van der Waals surface area contributed by atoms with Gasteiger partial charge in [0.1, 0.15) is 5.82 Å². The maximum absolute atomic E-state index is 12.0. The summed E-state index contributed by atoms with van der Waals surface area (Å²) in [5.41, 5.74) is 1.70. The van der Waals surface area contributed by atoms with E-state index >= 15 is 0 Å². The van der Waals surface area contributed by atoms with Gasteiger partial charge in [0.2, 0.25) is 5.91 Å². The molecule has 0 spiro atoms. The van der Waals surface area contributed by atoms with Crippen LogP contribution < -0.4 is 10.2 Å². The van der Waals surface area contributed by atoms with Gasteiger partial charge in [-0.25, -0.2) is 9.97 Å². The van der Waals surface area contributed by atoms with Gasteiger partial charge >= 0.3 is 0 Å². The molecule has 1 aromatic carbocycles. The predicted octanol–water partition coefficient (Wildman–Crippen LogP) is 2.65. The van der Waals surface area contributed by atoms with E-state index in [1.807, 2.05) is 41.3 Å². The molecule has 0 atom stereocenters. The number of para-hydroxylation sites is 1. The lowest BCUT2D eigenvalue weighted by molar-refractivity contribution is -0.119. The van der Waals surface area contributed by atoms with Gasteiger partial charge in [-0.3, -0.25) is 9.78 Å². The molecule has 0 bridgehead atoms. The highest BCUT2D eigenvalue weighted by Crippen LogP contribution is 2.27. The highest BCUT2D eigenvalue weighted by Gasteiger charge is 2.17. The van der Waals surface area contributed by atoms with E-state index in [0.29, 0.717) is 5.82 Å². The van der Waals surface area contributed by atoms with Crippen LogP contribution in [0.3, 0.4) is 0 Å². The number of aromatic nitrogens is 3. The lowest BCUT2D eigenvalue weighted by Crippen LogP contribution is -2.36. The fraction of sp³-hybridized carbons (Fsp3) is 0.263. The van der Waals surface area contributed by atoms with E-state index in [0.717, 1.165) is 35.2 Å². The van der Waals surface area contributed by atoms with Crippen LogP contribution in [-0.2, 0) is 4.79 Å². The van der Waals surface area contributed by atoms with Gasteiger partial charge in [-0.2, -0.15) is 0 Å². The summed E-state index contributed by atoms with van der Waals surface area (Å²) in [7, 11) is 1.64. The smallest absolute Gasteiger partial charge is 0.239 e. The predicted molar refractivity (Wildman–Crippen MR) is 99.3 cm³/mol. The number of benzene rings is 1. The van der Waals surface area contributed by atoms with Gasteiger partial charge in [-0.05, 0) is 30.7 Å². The number of anilines is 1. The lowest BCUT2D eigenvalue weighted by Gasteiger charge is -2.24. The molecule has 0 fully saturated rings. The Hall–Kier alpha value is -3.02. The summed E-state index contributed by atoms with van der Waals surface area (Å²) < 4.78 is 0. The SMILES string of the molecule is CCCN(CC(=O)NC)c1nc(-c2cccnc2)nc2ccccc12. The zero-order chi connectivity index (χ0) is 17.6. The van der Waals surface area contributed by atoms with Gasteiger partial charge in [0, 0.05) is 36.9 Å². The van der Waals surface area contributed by atoms with E-state index in [9.17, 15) is 4.79 Å². The molecule has 0 saturated carbocycles. The van der Waals surface area contributed by atoms with Crippen molar-refractivity contribution >= 4 is 22.6 Å². The second-order valence-corrected chi connectivity index (χ2v) is 5.72. The fourth-order valence-corrected chi connectivity index (χ4v) is 2.71. The summed E-state index contributed by atoms with van der Waals surface area (Å²) in [5.74, 6) is 1.34. The molecule has 3 rings (SSSR count). The Morgan fingerprint density at radius 2 is 2.00 bits per heavy atom. The van der Waals surface area contributed by atoms with Gasteiger partial charge in [-0.1, -0.05) is 19.1 Å². The molecule has 6 nitrogen and oxygen atoms in total. The Balaban J connectivity index is 2.15. The first-order valence-corrected chi connectivity index (χ1v) is 8.35. The summed E-state index contributed by atoms with van der Waals surface area (Å²) in [6.07, 6.45) is 4.38. The molecule has 2 heterocycles. The van der Waals surface area contributed by atoms with Crippen molar-refractivity contribution in [1.82, 2.24) is 20.3 Å². The highest BCUT2D eigenvalue weighted by molar-refractivity contribution is 5.93. The number of carbonyl (C=O) groups is 1. The van der Waals surface area contributed by atoms with Crippen molar-refractivity contribution in [1.29, 1.82) is 0 Å². The zero-order valence-electron chi connectivity index (χ0n) is 14.4. The monoisotopic (exact) mass is 335 g/mol. The van der Waals surface area contributed by atoms with Gasteiger partial charge in [0.25, 0.3) is 0 Å². The Morgan fingerprint density at radius 1 is 1.16 bits per heavy atom. The van der Waals surface area contributed by atoms with Gasteiger partial charge in [0.15, 0.2) is 5.82 Å². The number of rotatable bonds is 6. The van der Waals surface area contributed by atoms with E-state index < -0.39 is 0 Å². The van der Waals surface area contributed by atoms with Crippen LogP contribution in [0.25, 0.3) is 22.3 Å². The maximum Gasteiger partial charge on any atom is 0.239 e. The second kappa shape index (κ2) is 7.70. The Kier molecular flexibility index (Phi) is 5.18. The zero-order valence-corrected chi connectivity index (χ0v) is 14.4. The van der Waals surface area contributed by atoms with Crippen LogP contribution in [0.5, 0.6) is 0 Å². The van der Waals surface area contributed by atoms with E-state index in [-0.39, 0.29) is 12.5 Å². The molecule has 3 aromatic rings. The van der Waals surface area contributed by atoms with Crippen molar-refractivity contribution in [3.63, 3.8) is 0 Å². The van der Waals surface area contributed by atoms with Crippen LogP contribution in [0.15, 0.2) is 48.8 Å². The summed E-state index contributed by atoms with van der Waals surface area (Å²) in [4.78, 5) is 27.6. The number of likely N-dealkylation sites (N-methyl/N-ethyl adjacent to an activating group) is 1. The molecule has 1 amide bonds.